The lowest BCUT2D eigenvalue weighted by Crippen LogP contribution is -2.40. The van der Waals surface area contributed by atoms with Gasteiger partial charge in [0.15, 0.2) is 5.69 Å². The first-order chi connectivity index (χ1) is 18.0. The summed E-state index contributed by atoms with van der Waals surface area (Å²) in [6, 6.07) is 9.29. The molecule has 0 spiro atoms. The van der Waals surface area contributed by atoms with E-state index in [9.17, 15) is 27.9 Å². The van der Waals surface area contributed by atoms with Crippen molar-refractivity contribution in [3.63, 3.8) is 0 Å². The number of piperidine rings is 1. The Hall–Kier alpha value is -3.25. The third-order valence-corrected chi connectivity index (χ3v) is 7.86. The molecule has 204 valence electrons. The van der Waals surface area contributed by atoms with Crippen LogP contribution < -0.4 is 5.11 Å². The average molecular weight is 548 g/mol. The minimum atomic E-state index is -4.55. The number of benzene rings is 1. The van der Waals surface area contributed by atoms with Gasteiger partial charge in [0, 0.05) is 30.1 Å². The summed E-state index contributed by atoms with van der Waals surface area (Å²) in [6.07, 6.45) is 0.0679. The van der Waals surface area contributed by atoms with Gasteiger partial charge in [-0.25, -0.2) is 4.98 Å². The molecule has 1 N–H and O–H groups in total. The van der Waals surface area contributed by atoms with E-state index in [0.29, 0.717) is 30.9 Å². The third kappa shape index (κ3) is 6.60. The summed E-state index contributed by atoms with van der Waals surface area (Å²) < 4.78 is 39.2. The first-order valence-corrected chi connectivity index (χ1v) is 13.3. The molecule has 1 unspecified atom stereocenters. The largest absolute Gasteiger partial charge is 0.671 e. The number of aryl methyl sites for hydroxylation is 2. The molecule has 1 saturated heterocycles. The van der Waals surface area contributed by atoms with E-state index < -0.39 is 17.8 Å². The molecule has 1 aliphatic heterocycles. The number of aromatic nitrogens is 3. The molecule has 0 bridgehead atoms. The summed E-state index contributed by atoms with van der Waals surface area (Å²) >= 11 is 1.25. The van der Waals surface area contributed by atoms with Gasteiger partial charge in [-0.05, 0) is 37.8 Å². The van der Waals surface area contributed by atoms with Crippen molar-refractivity contribution in [2.75, 3.05) is 13.1 Å². The van der Waals surface area contributed by atoms with E-state index in [2.05, 4.69) is 28.3 Å². The van der Waals surface area contributed by atoms with Crippen LogP contribution in [0.2, 0.25) is 0 Å². The Labute approximate surface area is 222 Å². The number of halogens is 3. The zero-order valence-corrected chi connectivity index (χ0v) is 21.6. The number of aromatic carboxylic acids is 1. The molecule has 5 rings (SSSR count). The van der Waals surface area contributed by atoms with Gasteiger partial charge in [-0.2, -0.15) is 18.3 Å². The van der Waals surface area contributed by atoms with Gasteiger partial charge in [-0.15, -0.1) is 17.4 Å². The van der Waals surface area contributed by atoms with Crippen LogP contribution >= 0.6 is 11.3 Å². The molecule has 8 nitrogen and oxygen atoms in total. The highest BCUT2D eigenvalue weighted by Crippen LogP contribution is 2.32. The standard InChI is InChI=1S/C16H17F3N4O3S.C10H12N/c1-9-6-12(16(17,18)19)21-23(9)7-13(24)22-4-2-10(3-5-22)14-20-11(8-27-14)15(25)26;11-10-7-3-5-8-4-1-2-6-9(8)10/h6,8,10H,2-5,7H2,1H3,(H,25,26);1-2,4,6,10-11H,3,5,7H2/q;-1/p-1. The lowest BCUT2D eigenvalue weighted by Gasteiger charge is -2.31. The van der Waals surface area contributed by atoms with Crippen molar-refractivity contribution in [3.05, 3.63) is 74.7 Å². The Morgan fingerprint density at radius 3 is 2.50 bits per heavy atom. The minimum absolute atomic E-state index is 0.0416. The van der Waals surface area contributed by atoms with Crippen molar-refractivity contribution in [3.8, 4) is 0 Å². The molecule has 1 aliphatic carbocycles. The fourth-order valence-corrected chi connectivity index (χ4v) is 5.70. The number of hydrogen-bond acceptors (Lipinski definition) is 6. The van der Waals surface area contributed by atoms with Crippen LogP contribution in [0.3, 0.4) is 0 Å². The van der Waals surface area contributed by atoms with Gasteiger partial charge < -0.3 is 20.5 Å². The van der Waals surface area contributed by atoms with Gasteiger partial charge in [0.25, 0.3) is 0 Å². The van der Waals surface area contributed by atoms with Crippen LogP contribution in [0, 0.1) is 6.92 Å². The zero-order valence-electron chi connectivity index (χ0n) is 20.8. The zero-order chi connectivity index (χ0) is 27.4. The molecule has 3 aromatic rings. The molecule has 2 aromatic heterocycles. The lowest BCUT2D eigenvalue weighted by molar-refractivity contribution is -0.255. The molecule has 2 aliphatic rings. The highest BCUT2D eigenvalue weighted by atomic mass is 32.1. The molecule has 1 aromatic carbocycles. The van der Waals surface area contributed by atoms with E-state index in [1.54, 1.807) is 4.90 Å². The van der Waals surface area contributed by atoms with Crippen molar-refractivity contribution in [1.29, 1.82) is 0 Å². The Bertz CT molecular complexity index is 1280. The number of nitrogens with zero attached hydrogens (tertiary/aromatic N) is 4. The molecule has 0 radical (unpaired) electrons. The quantitative estimate of drug-likeness (QED) is 0.475. The second-order valence-corrected chi connectivity index (χ2v) is 10.4. The summed E-state index contributed by atoms with van der Waals surface area (Å²) in [5.74, 6) is -1.57. The highest BCUT2D eigenvalue weighted by Gasteiger charge is 2.35. The molecule has 0 saturated carbocycles. The molecular formula is C26H28F3N5O3S-2. The number of carboxylic acids is 1. The van der Waals surface area contributed by atoms with Crippen molar-refractivity contribution in [2.45, 2.75) is 63.7 Å². The Balaban J connectivity index is 0.000000253. The minimum Gasteiger partial charge on any atom is -0.671 e. The molecule has 1 atom stereocenters. The van der Waals surface area contributed by atoms with Crippen LogP contribution in [0.4, 0.5) is 13.2 Å². The van der Waals surface area contributed by atoms with Crippen LogP contribution in [0.15, 0.2) is 35.7 Å². The Kier molecular flexibility index (Phi) is 8.51. The van der Waals surface area contributed by atoms with E-state index in [4.69, 9.17) is 5.73 Å². The van der Waals surface area contributed by atoms with Gasteiger partial charge in [0.1, 0.15) is 6.54 Å². The van der Waals surface area contributed by atoms with Gasteiger partial charge in [-0.3, -0.25) is 9.48 Å². The van der Waals surface area contributed by atoms with Crippen molar-refractivity contribution in [1.82, 2.24) is 19.7 Å². The second-order valence-electron chi connectivity index (χ2n) is 9.48. The summed E-state index contributed by atoms with van der Waals surface area (Å²) in [5, 5.41) is 16.4. The predicted octanol–water partition coefficient (Wildman–Crippen LogP) is 4.55. The smallest absolute Gasteiger partial charge is 0.435 e. The maximum absolute atomic E-state index is 12.7. The van der Waals surface area contributed by atoms with Crippen LogP contribution in [-0.4, -0.2) is 44.6 Å². The summed E-state index contributed by atoms with van der Waals surface area (Å²) in [6.45, 7) is 2.07. The fraction of sp³-hybridized carbons (Fsp3) is 0.462. The number of rotatable bonds is 4. The van der Waals surface area contributed by atoms with Gasteiger partial charge in [0.2, 0.25) is 5.91 Å². The van der Waals surface area contributed by atoms with E-state index in [1.165, 1.54) is 47.6 Å². The van der Waals surface area contributed by atoms with Gasteiger partial charge in [0.05, 0.1) is 16.7 Å². The number of thiazole rings is 1. The van der Waals surface area contributed by atoms with Crippen LogP contribution in [0.25, 0.3) is 5.73 Å². The molecule has 1 amide bonds. The number of carboxylic acid groups (broad SMARTS) is 1. The van der Waals surface area contributed by atoms with Crippen molar-refractivity contribution >= 4 is 23.2 Å². The SMILES string of the molecule is Cc1cc(C(F)(F)F)nn1CC(=O)N1CCC(c2nc(C(=O)[O-])cs2)CC1.[NH-]C1CCCc2ccccc21. The monoisotopic (exact) mass is 547 g/mol. The van der Waals surface area contributed by atoms with E-state index in [0.717, 1.165) is 17.2 Å². The van der Waals surface area contributed by atoms with Crippen LogP contribution in [0.5, 0.6) is 0 Å². The second kappa shape index (κ2) is 11.6. The van der Waals surface area contributed by atoms with Crippen LogP contribution in [0.1, 0.15) is 75.7 Å². The first-order valence-electron chi connectivity index (χ1n) is 12.4. The normalized spacial score (nSPS) is 17.9. The number of alkyl halides is 3. The number of carbonyl (C=O) groups is 2. The predicted molar refractivity (Wildman–Crippen MR) is 133 cm³/mol. The van der Waals surface area contributed by atoms with E-state index in [-0.39, 0.29) is 35.8 Å². The molecule has 3 heterocycles. The topological polar surface area (TPSA) is 115 Å². The summed E-state index contributed by atoms with van der Waals surface area (Å²) in [4.78, 5) is 28.8. The first kappa shape index (κ1) is 27.8. The molecule has 38 heavy (non-hydrogen) atoms. The Morgan fingerprint density at radius 1 is 1.18 bits per heavy atom. The summed E-state index contributed by atoms with van der Waals surface area (Å²) in [7, 11) is 0. The maximum Gasteiger partial charge on any atom is 0.435 e. The number of fused-ring (bicyclic) bond motifs is 1. The molecule has 12 heteroatoms. The average Bonchev–Trinajstić information content (AvgIpc) is 3.53. The van der Waals surface area contributed by atoms with Crippen molar-refractivity contribution in [2.24, 2.45) is 0 Å². The fourth-order valence-electron chi connectivity index (χ4n) is 4.74. The number of amides is 1. The lowest BCUT2D eigenvalue weighted by atomic mass is 9.88. The maximum atomic E-state index is 12.7. The van der Waals surface area contributed by atoms with Gasteiger partial charge >= 0.3 is 6.18 Å². The van der Waals surface area contributed by atoms with Crippen molar-refractivity contribution < 1.29 is 27.9 Å². The van der Waals surface area contributed by atoms with E-state index in [1.807, 2.05) is 6.07 Å². The Morgan fingerprint density at radius 2 is 1.89 bits per heavy atom. The number of nitrogens with one attached hydrogen (secondary N) is 1. The van der Waals surface area contributed by atoms with E-state index >= 15 is 0 Å². The molecular weight excluding hydrogens is 519 g/mol. The van der Waals surface area contributed by atoms with Crippen LogP contribution in [-0.2, 0) is 23.9 Å². The molecule has 1 fully saturated rings. The number of hydrogen-bond donors (Lipinski definition) is 0. The summed E-state index contributed by atoms with van der Waals surface area (Å²) in [5.41, 5.74) is 9.55. The number of likely N-dealkylation sites (tertiary alicyclic amines) is 1. The third-order valence-electron chi connectivity index (χ3n) is 6.85. The number of carbonyl (C=O) groups excluding carboxylic acids is 2. The highest BCUT2D eigenvalue weighted by molar-refractivity contribution is 7.09. The van der Waals surface area contributed by atoms with Gasteiger partial charge in [-0.1, -0.05) is 42.7 Å².